The standard InChI is InChI=1S/C31H37N9O/c1-31(2,41)21-38-11-10-25-8-9-27(17-26(25)20-38)36-28-34-22-35-30(37-28)40-14-12-39(13-15-40)29-32-18-24(19-33-29)16-23-6-4-3-5-7-23/h3-9,17-19,22,41H,10-16,20-21H2,1-2H3,(H,34,35,36,37). The van der Waals surface area contributed by atoms with E-state index in [4.69, 9.17) is 4.98 Å². The van der Waals surface area contributed by atoms with Crippen LogP contribution in [0.3, 0.4) is 0 Å². The Bertz CT molecular complexity index is 1450. The number of β-amino-alcohol motifs (C(OH)–C–C–N with tert-alkyl or cyclic N) is 1. The summed E-state index contributed by atoms with van der Waals surface area (Å²) in [5.74, 6) is 1.95. The first-order valence-corrected chi connectivity index (χ1v) is 14.3. The van der Waals surface area contributed by atoms with Crippen molar-refractivity contribution in [3.63, 3.8) is 0 Å². The molecule has 10 nitrogen and oxygen atoms in total. The molecule has 0 saturated carbocycles. The van der Waals surface area contributed by atoms with Crippen LogP contribution in [0.4, 0.5) is 23.5 Å². The highest BCUT2D eigenvalue weighted by molar-refractivity contribution is 5.57. The van der Waals surface area contributed by atoms with Crippen molar-refractivity contribution in [1.82, 2.24) is 29.8 Å². The number of piperazine rings is 1. The molecule has 41 heavy (non-hydrogen) atoms. The molecule has 0 bridgehead atoms. The van der Waals surface area contributed by atoms with Gasteiger partial charge in [-0.25, -0.2) is 19.9 Å². The lowest BCUT2D eigenvalue weighted by Crippen LogP contribution is -2.47. The molecular formula is C31H37N9O. The fraction of sp³-hybridized carbons (Fsp3) is 0.387. The van der Waals surface area contributed by atoms with E-state index >= 15 is 0 Å². The Labute approximate surface area is 241 Å². The van der Waals surface area contributed by atoms with Crippen molar-refractivity contribution in [3.05, 3.63) is 89.5 Å². The molecule has 0 spiro atoms. The Balaban J connectivity index is 1.05. The Hall–Kier alpha value is -4.15. The highest BCUT2D eigenvalue weighted by atomic mass is 16.3. The summed E-state index contributed by atoms with van der Waals surface area (Å²) >= 11 is 0. The number of hydrogen-bond donors (Lipinski definition) is 2. The van der Waals surface area contributed by atoms with Crippen LogP contribution in [0.5, 0.6) is 0 Å². The fourth-order valence-electron chi connectivity index (χ4n) is 5.55. The first-order chi connectivity index (χ1) is 19.9. The van der Waals surface area contributed by atoms with E-state index < -0.39 is 5.60 Å². The number of aromatic nitrogens is 5. The first kappa shape index (κ1) is 27.0. The Morgan fingerprint density at radius 1 is 0.805 bits per heavy atom. The van der Waals surface area contributed by atoms with Gasteiger partial charge in [-0.15, -0.1) is 0 Å². The third-order valence-electron chi connectivity index (χ3n) is 7.51. The van der Waals surface area contributed by atoms with Crippen LogP contribution >= 0.6 is 0 Å². The third-order valence-corrected chi connectivity index (χ3v) is 7.51. The largest absolute Gasteiger partial charge is 0.389 e. The molecule has 2 aliphatic heterocycles. The molecule has 2 aromatic carbocycles. The van der Waals surface area contributed by atoms with Gasteiger partial charge in [-0.2, -0.15) is 4.98 Å². The maximum absolute atomic E-state index is 10.2. The van der Waals surface area contributed by atoms with Crippen LogP contribution in [-0.4, -0.2) is 79.8 Å². The second-order valence-corrected chi connectivity index (χ2v) is 11.5. The summed E-state index contributed by atoms with van der Waals surface area (Å²) in [6, 6.07) is 16.8. The summed E-state index contributed by atoms with van der Waals surface area (Å²) in [7, 11) is 0. The number of benzene rings is 2. The van der Waals surface area contributed by atoms with Crippen LogP contribution < -0.4 is 15.1 Å². The van der Waals surface area contributed by atoms with E-state index in [1.54, 1.807) is 6.33 Å². The van der Waals surface area contributed by atoms with Crippen molar-refractivity contribution in [2.24, 2.45) is 0 Å². The van der Waals surface area contributed by atoms with Crippen LogP contribution in [-0.2, 0) is 19.4 Å². The summed E-state index contributed by atoms with van der Waals surface area (Å²) in [6.45, 7) is 9.27. The second-order valence-electron chi connectivity index (χ2n) is 11.5. The molecule has 0 amide bonds. The van der Waals surface area contributed by atoms with Gasteiger partial charge in [0.05, 0.1) is 5.60 Å². The lowest BCUT2D eigenvalue weighted by molar-refractivity contribution is 0.0318. The van der Waals surface area contributed by atoms with Crippen molar-refractivity contribution in [2.75, 3.05) is 54.4 Å². The van der Waals surface area contributed by atoms with Gasteiger partial charge in [0, 0.05) is 70.3 Å². The monoisotopic (exact) mass is 551 g/mol. The Morgan fingerprint density at radius 2 is 1.54 bits per heavy atom. The summed E-state index contributed by atoms with van der Waals surface area (Å²) in [6.07, 6.45) is 7.23. The lowest BCUT2D eigenvalue weighted by atomic mass is 9.97. The zero-order chi connectivity index (χ0) is 28.2. The van der Waals surface area contributed by atoms with Gasteiger partial charge in [0.2, 0.25) is 17.8 Å². The van der Waals surface area contributed by atoms with Crippen molar-refractivity contribution in [3.8, 4) is 0 Å². The molecular weight excluding hydrogens is 514 g/mol. The number of aliphatic hydroxyl groups is 1. The van der Waals surface area contributed by atoms with E-state index in [1.165, 1.54) is 16.7 Å². The van der Waals surface area contributed by atoms with Crippen molar-refractivity contribution in [2.45, 2.75) is 38.8 Å². The Kier molecular flexibility index (Phi) is 7.76. The lowest BCUT2D eigenvalue weighted by Gasteiger charge is -2.34. The number of hydrogen-bond acceptors (Lipinski definition) is 10. The molecule has 6 rings (SSSR count). The second kappa shape index (κ2) is 11.8. The summed E-state index contributed by atoms with van der Waals surface area (Å²) in [4.78, 5) is 29.5. The van der Waals surface area contributed by atoms with Gasteiger partial charge in [-0.05, 0) is 54.7 Å². The van der Waals surface area contributed by atoms with Gasteiger partial charge in [0.25, 0.3) is 0 Å². The number of anilines is 4. The minimum Gasteiger partial charge on any atom is -0.389 e. The molecule has 212 valence electrons. The van der Waals surface area contributed by atoms with Crippen LogP contribution in [0, 0.1) is 0 Å². The molecule has 0 radical (unpaired) electrons. The zero-order valence-corrected chi connectivity index (χ0v) is 23.7. The minimum atomic E-state index is -0.708. The van der Waals surface area contributed by atoms with Crippen molar-refractivity contribution in [1.29, 1.82) is 0 Å². The van der Waals surface area contributed by atoms with E-state index in [0.717, 1.165) is 69.3 Å². The molecule has 0 unspecified atom stereocenters. The number of fused-ring (bicyclic) bond motifs is 1. The van der Waals surface area contributed by atoms with Crippen LogP contribution in [0.25, 0.3) is 0 Å². The average molecular weight is 552 g/mol. The molecule has 1 fully saturated rings. The van der Waals surface area contributed by atoms with Gasteiger partial charge in [-0.3, -0.25) is 4.90 Å². The molecule has 0 aliphatic carbocycles. The van der Waals surface area contributed by atoms with E-state index in [1.807, 2.05) is 32.3 Å². The van der Waals surface area contributed by atoms with Gasteiger partial charge in [0.15, 0.2) is 0 Å². The van der Waals surface area contributed by atoms with Crippen molar-refractivity contribution >= 4 is 23.5 Å². The van der Waals surface area contributed by atoms with Gasteiger partial charge < -0.3 is 20.2 Å². The predicted octanol–water partition coefficient (Wildman–Crippen LogP) is 3.45. The number of rotatable bonds is 8. The smallest absolute Gasteiger partial charge is 0.231 e. The van der Waals surface area contributed by atoms with Crippen LogP contribution in [0.2, 0.25) is 0 Å². The van der Waals surface area contributed by atoms with E-state index in [2.05, 4.69) is 82.4 Å². The summed E-state index contributed by atoms with van der Waals surface area (Å²) in [5, 5.41) is 13.6. The molecule has 2 aliphatic rings. The predicted molar refractivity (Wildman–Crippen MR) is 161 cm³/mol. The molecule has 1 saturated heterocycles. The van der Waals surface area contributed by atoms with E-state index in [9.17, 15) is 5.11 Å². The quantitative estimate of drug-likeness (QED) is 0.338. The minimum absolute atomic E-state index is 0.527. The average Bonchev–Trinajstić information content (AvgIpc) is 2.97. The summed E-state index contributed by atoms with van der Waals surface area (Å²) < 4.78 is 0. The van der Waals surface area contributed by atoms with E-state index in [-0.39, 0.29) is 0 Å². The highest BCUT2D eigenvalue weighted by Crippen LogP contribution is 2.25. The zero-order valence-electron chi connectivity index (χ0n) is 23.7. The molecule has 2 N–H and O–H groups in total. The molecule has 4 aromatic rings. The van der Waals surface area contributed by atoms with Crippen LogP contribution in [0.15, 0.2) is 67.3 Å². The van der Waals surface area contributed by atoms with Gasteiger partial charge in [-0.1, -0.05) is 36.4 Å². The molecule has 10 heteroatoms. The maximum atomic E-state index is 10.2. The van der Waals surface area contributed by atoms with Crippen molar-refractivity contribution < 1.29 is 5.11 Å². The fourth-order valence-corrected chi connectivity index (χ4v) is 5.55. The van der Waals surface area contributed by atoms with E-state index in [0.29, 0.717) is 18.4 Å². The summed E-state index contributed by atoms with van der Waals surface area (Å²) in [5.41, 5.74) is 5.22. The third kappa shape index (κ3) is 6.96. The topological polar surface area (TPSA) is 106 Å². The van der Waals surface area contributed by atoms with Gasteiger partial charge in [0.1, 0.15) is 6.33 Å². The normalized spacial score (nSPS) is 16.0. The highest BCUT2D eigenvalue weighted by Gasteiger charge is 2.24. The molecule has 0 atom stereocenters. The number of nitrogens with one attached hydrogen (secondary N) is 1. The van der Waals surface area contributed by atoms with Gasteiger partial charge >= 0.3 is 0 Å². The Morgan fingerprint density at radius 3 is 2.27 bits per heavy atom. The first-order valence-electron chi connectivity index (χ1n) is 14.3. The number of nitrogens with zero attached hydrogens (tertiary/aromatic N) is 8. The molecule has 4 heterocycles. The maximum Gasteiger partial charge on any atom is 0.231 e. The molecule has 2 aromatic heterocycles. The van der Waals surface area contributed by atoms with Crippen LogP contribution in [0.1, 0.15) is 36.1 Å². The SMILES string of the molecule is CC(C)(O)CN1CCc2ccc(Nc3ncnc(N4CCN(c5ncc(Cc6ccccc6)cn5)CC4)n3)cc2C1.